The maximum absolute atomic E-state index is 12.8. The number of nitrogens with zero attached hydrogens (tertiary/aromatic N) is 8. The van der Waals surface area contributed by atoms with Crippen LogP contribution in [-0.4, -0.2) is 115 Å². The van der Waals surface area contributed by atoms with E-state index in [0.717, 1.165) is 65.8 Å². The number of carbonyl (C=O) groups excluding carboxylic acids is 2. The average molecular weight is 1370 g/mol. The van der Waals surface area contributed by atoms with E-state index in [-0.39, 0.29) is 41.3 Å². The van der Waals surface area contributed by atoms with E-state index in [9.17, 15) is 53.6 Å². The van der Waals surface area contributed by atoms with Crippen molar-refractivity contribution < 1.29 is 75.2 Å². The van der Waals surface area contributed by atoms with E-state index in [1.165, 1.54) is 38.1 Å². The van der Waals surface area contributed by atoms with Gasteiger partial charge in [0.1, 0.15) is 0 Å². The first-order valence-corrected chi connectivity index (χ1v) is 36.2. The Labute approximate surface area is 547 Å². The summed E-state index contributed by atoms with van der Waals surface area (Å²) >= 11 is 0. The minimum Gasteiger partial charge on any atom is -0.411 e. The molecular weight excluding hydrogens is 1290 g/mol. The predicted molar refractivity (Wildman–Crippen MR) is 367 cm³/mol. The Hall–Kier alpha value is -8.35. The molecule has 6 aromatic carbocycles. The summed E-state index contributed by atoms with van der Waals surface area (Å²) in [6.07, 6.45) is 2.43. The van der Waals surface area contributed by atoms with Crippen molar-refractivity contribution in [2.45, 2.75) is 108 Å². The summed E-state index contributed by atoms with van der Waals surface area (Å²) in [7, 11) is -9.47. The van der Waals surface area contributed by atoms with Crippen LogP contribution in [0.5, 0.6) is 0 Å². The third kappa shape index (κ3) is 18.2. The third-order valence-electron chi connectivity index (χ3n) is 15.3. The molecule has 9 aromatic rings. The molecule has 0 amide bonds. The Bertz CT molecular complexity index is 4440. The van der Waals surface area contributed by atoms with Gasteiger partial charge in [-0.25, -0.2) is 4.79 Å². The highest BCUT2D eigenvalue weighted by molar-refractivity contribution is 7.54. The lowest BCUT2D eigenvalue weighted by atomic mass is 10.1. The van der Waals surface area contributed by atoms with Crippen molar-refractivity contribution in [3.05, 3.63) is 156 Å². The van der Waals surface area contributed by atoms with Gasteiger partial charge in [0.05, 0.1) is 84.3 Å². The van der Waals surface area contributed by atoms with Crippen LogP contribution in [0.15, 0.2) is 120 Å². The number of aryl methyl sites for hydroxylation is 3. The molecule has 0 bridgehead atoms. The van der Waals surface area contributed by atoms with Crippen molar-refractivity contribution in [2.75, 3.05) is 58.1 Å². The summed E-state index contributed by atoms with van der Waals surface area (Å²) in [5, 5.41) is 54.7. The van der Waals surface area contributed by atoms with Gasteiger partial charge in [-0.1, -0.05) is 22.4 Å². The van der Waals surface area contributed by atoms with Gasteiger partial charge in [0.25, 0.3) is 17.1 Å². The normalized spacial score (nSPS) is 12.4. The van der Waals surface area contributed by atoms with Crippen molar-refractivity contribution in [2.24, 2.45) is 10.3 Å². The van der Waals surface area contributed by atoms with Gasteiger partial charge in [-0.3, -0.25) is 48.8 Å². The Morgan fingerprint density at radius 1 is 0.421 bits per heavy atom. The second-order valence-corrected chi connectivity index (χ2v) is 28.2. The number of nitro groups is 3. The van der Waals surface area contributed by atoms with Gasteiger partial charge in [-0.2, -0.15) is 0 Å². The minimum atomic E-state index is -3.18. The van der Waals surface area contributed by atoms with E-state index >= 15 is 0 Å². The smallest absolute Gasteiger partial charge is 0.331 e. The van der Waals surface area contributed by atoms with Crippen LogP contribution in [-0.2, 0) is 70.1 Å². The summed E-state index contributed by atoms with van der Waals surface area (Å²) in [6.45, 7) is 20.2. The monoisotopic (exact) mass is 1370 g/mol. The zero-order valence-electron chi connectivity index (χ0n) is 54.7. The molecule has 0 unspecified atom stereocenters. The van der Waals surface area contributed by atoms with Crippen molar-refractivity contribution in [1.82, 2.24) is 13.7 Å². The third-order valence-corrected chi connectivity index (χ3v) is 21.8. The number of hydrogen-bond acceptors (Lipinski definition) is 21. The molecule has 0 spiro atoms. The maximum atomic E-state index is 12.8. The number of hydrogen-bond donors (Lipinski definition) is 1. The summed E-state index contributed by atoms with van der Waals surface area (Å²) in [4.78, 5) is 60.3. The van der Waals surface area contributed by atoms with Crippen molar-refractivity contribution in [3.63, 3.8) is 0 Å². The van der Waals surface area contributed by atoms with E-state index in [4.69, 9.17) is 37.2 Å². The second-order valence-electron chi connectivity index (χ2n) is 21.6. The Morgan fingerprint density at radius 2 is 0.684 bits per heavy atom. The standard InChI is InChI=1S/C23H28N3O7P.C21H26N3O6P.C21H25N2O6P/c1-5-31-34(30,32-6-2)13-7-12-25-22-10-8-18(16(3)24-33-17(4)27)14-20(22)21-15-19(26(28)29)9-11-23(21)25;1-4-29-31(28,30-5-2)12-6-11-23-20-9-7-16(15(3)22-25)13-18(20)19-14-17(24(26)27)8-10-21(19)23;1-4-28-30(27,29-5-2)12-6-11-22-20-9-7-16(15(3)24)13-18(20)19-14-17(23(25)26)8-10-21(19)22/h8-11,14-15H,5-7,12-13H2,1-4H3;7-10,13-14,25H,4-6,11-12H2,1-3H3;7-10,13-14H,4-6,11-12H2,1-3H3/b24-16+;22-15+;. The molecule has 0 atom stereocenters. The van der Waals surface area contributed by atoms with Crippen molar-refractivity contribution in [1.29, 1.82) is 0 Å². The molecule has 3 heterocycles. The molecule has 0 saturated carbocycles. The van der Waals surface area contributed by atoms with Gasteiger partial charge >= 0.3 is 28.8 Å². The van der Waals surface area contributed by atoms with Gasteiger partial charge in [-0.15, -0.1) is 0 Å². The second kappa shape index (κ2) is 33.4. The molecule has 95 heavy (non-hydrogen) atoms. The summed E-state index contributed by atoms with van der Waals surface area (Å²) in [5.41, 5.74) is 7.98. The Morgan fingerprint density at radius 3 is 0.947 bits per heavy atom. The maximum Gasteiger partial charge on any atom is 0.331 e. The first kappa shape index (κ1) is 74.1. The Balaban J connectivity index is 0.000000202. The minimum absolute atomic E-state index is 0.00157. The molecule has 0 aliphatic rings. The number of rotatable bonds is 31. The molecule has 0 radical (unpaired) electrons. The van der Waals surface area contributed by atoms with E-state index < -0.39 is 43.5 Å². The number of nitro benzene ring substituents is 3. The molecule has 9 rings (SSSR count). The highest BCUT2D eigenvalue weighted by Gasteiger charge is 2.27. The summed E-state index contributed by atoms with van der Waals surface area (Å²) < 4.78 is 76.7. The van der Waals surface area contributed by atoms with Crippen LogP contribution in [0.4, 0.5) is 17.1 Å². The topological polar surface area (TPSA) is 339 Å². The number of oxime groups is 2. The molecule has 0 aliphatic carbocycles. The van der Waals surface area contributed by atoms with E-state index in [1.807, 2.05) is 56.2 Å². The fraction of sp³-hybridized carbons (Fsp3) is 0.385. The zero-order valence-corrected chi connectivity index (χ0v) is 57.4. The molecule has 3 aromatic heterocycles. The first-order valence-electron chi connectivity index (χ1n) is 31.0. The lowest BCUT2D eigenvalue weighted by molar-refractivity contribution is -0.384. The predicted octanol–water partition coefficient (Wildman–Crippen LogP) is 16.8. The molecular formula is C65H79N8O19P3. The molecule has 0 aliphatic heterocycles. The Kier molecular flexibility index (Phi) is 26.0. The number of ketones is 1. The lowest BCUT2D eigenvalue weighted by Crippen LogP contribution is -2.05. The number of aromatic nitrogens is 3. The van der Waals surface area contributed by atoms with E-state index in [1.54, 1.807) is 97.9 Å². The number of benzene rings is 6. The van der Waals surface area contributed by atoms with Crippen molar-refractivity contribution >= 4 is 128 Å². The summed E-state index contributed by atoms with van der Waals surface area (Å²) in [6, 6.07) is 30.8. The van der Waals surface area contributed by atoms with Crippen LogP contribution in [0.25, 0.3) is 65.4 Å². The first-order chi connectivity index (χ1) is 45.3. The number of Topliss-reactive ketones (excluding diaryl/α,β-unsaturated/α-hetero) is 1. The van der Waals surface area contributed by atoms with Crippen LogP contribution in [0, 0.1) is 30.3 Å². The fourth-order valence-corrected chi connectivity index (χ4v) is 16.1. The van der Waals surface area contributed by atoms with Gasteiger partial charge in [0.2, 0.25) is 0 Å². The van der Waals surface area contributed by atoms with Crippen LogP contribution < -0.4 is 0 Å². The number of non-ortho nitro benzene ring substituents is 3. The highest BCUT2D eigenvalue weighted by atomic mass is 31.2. The molecule has 30 heteroatoms. The van der Waals surface area contributed by atoms with E-state index in [2.05, 4.69) is 10.3 Å². The SMILES string of the molecule is CCOP(=O)(CCCn1c2ccc(/C(C)=N/O)cc2c2cc([N+](=O)[O-])ccc21)OCC.CCOP(=O)(CCCn1c2ccc(/C(C)=N/OC(C)=O)cc2c2cc([N+](=O)[O-])ccc21)OCC.CCOP(=O)(CCCn1c2ccc(C(C)=O)cc2c2cc([N+](=O)[O-])ccc21)OCC. The molecule has 508 valence electrons. The summed E-state index contributed by atoms with van der Waals surface area (Å²) in [5.74, 6) is -0.596. The van der Waals surface area contributed by atoms with Crippen LogP contribution >= 0.6 is 22.8 Å². The number of fused-ring (bicyclic) bond motifs is 9. The lowest BCUT2D eigenvalue weighted by Gasteiger charge is -2.17. The molecule has 1 N–H and O–H groups in total. The van der Waals surface area contributed by atoms with Crippen LogP contribution in [0.1, 0.15) is 110 Å². The van der Waals surface area contributed by atoms with Crippen molar-refractivity contribution in [3.8, 4) is 0 Å². The van der Waals surface area contributed by atoms with Crippen LogP contribution in [0.2, 0.25) is 0 Å². The fourth-order valence-electron chi connectivity index (χ4n) is 11.2. The van der Waals surface area contributed by atoms with E-state index in [0.29, 0.717) is 106 Å². The number of carbonyl (C=O) groups is 2. The van der Waals surface area contributed by atoms with Gasteiger partial charge in [0.15, 0.2) is 5.78 Å². The average Bonchev–Trinajstić information content (AvgIpc) is 1.62. The molecule has 0 saturated heterocycles. The largest absolute Gasteiger partial charge is 0.411 e. The zero-order chi connectivity index (χ0) is 69.4. The molecule has 0 fully saturated rings. The van der Waals surface area contributed by atoms with Gasteiger partial charge in [-0.05, 0) is 153 Å². The molecule has 27 nitrogen and oxygen atoms in total. The van der Waals surface area contributed by atoms with Gasteiger partial charge < -0.3 is 50.9 Å². The van der Waals surface area contributed by atoms with Crippen LogP contribution in [0.3, 0.4) is 0 Å². The van der Waals surface area contributed by atoms with Gasteiger partial charge in [0, 0.05) is 134 Å². The quantitative estimate of drug-likeness (QED) is 0.00802. The highest BCUT2D eigenvalue weighted by Crippen LogP contribution is 2.51.